The van der Waals surface area contributed by atoms with Crippen molar-refractivity contribution in [1.29, 1.82) is 0 Å². The molecule has 0 aromatic heterocycles. The molecule has 0 unspecified atom stereocenters. The Morgan fingerprint density at radius 3 is 2.47 bits per heavy atom. The predicted molar refractivity (Wildman–Crippen MR) is 70.9 cm³/mol. The fraction of sp³-hybridized carbons (Fsp3) is 0.571. The molecule has 3 heteroatoms. The quantitative estimate of drug-likeness (QED) is 0.790. The molecule has 96 valence electrons. The van der Waals surface area contributed by atoms with Crippen molar-refractivity contribution in [2.24, 2.45) is 0 Å². The Morgan fingerprint density at radius 1 is 1.18 bits per heavy atom. The second kappa shape index (κ2) is 7.17. The average Bonchev–Trinajstić information content (AvgIpc) is 2.39. The first kappa shape index (κ1) is 13.8. The largest absolute Gasteiger partial charge is 0.493 e. The van der Waals surface area contributed by atoms with Crippen molar-refractivity contribution >= 4 is 0 Å². The van der Waals surface area contributed by atoms with Crippen LogP contribution in [0.2, 0.25) is 0 Å². The Kier molecular flexibility index (Phi) is 5.84. The average molecular weight is 237 g/mol. The van der Waals surface area contributed by atoms with Crippen LogP contribution in [0.25, 0.3) is 0 Å². The number of methoxy groups -OCH3 is 2. The van der Waals surface area contributed by atoms with E-state index in [0.717, 1.165) is 30.9 Å². The number of hydrogen-bond acceptors (Lipinski definition) is 3. The lowest BCUT2D eigenvalue weighted by Crippen LogP contribution is -2.22. The van der Waals surface area contributed by atoms with Gasteiger partial charge in [0.25, 0.3) is 0 Å². The third-order valence-corrected chi connectivity index (χ3v) is 2.86. The summed E-state index contributed by atoms with van der Waals surface area (Å²) in [5.41, 5.74) is 1.17. The van der Waals surface area contributed by atoms with Crippen LogP contribution in [-0.4, -0.2) is 20.8 Å². The van der Waals surface area contributed by atoms with Gasteiger partial charge in [0.05, 0.1) is 14.2 Å². The normalized spacial score (nSPS) is 12.2. The second-order valence-electron chi connectivity index (χ2n) is 4.00. The summed E-state index contributed by atoms with van der Waals surface area (Å²) in [5, 5.41) is 3.53. The van der Waals surface area contributed by atoms with E-state index in [1.54, 1.807) is 14.2 Å². The van der Waals surface area contributed by atoms with Gasteiger partial charge in [-0.1, -0.05) is 26.0 Å². The molecule has 0 heterocycles. The molecule has 0 radical (unpaired) electrons. The summed E-state index contributed by atoms with van der Waals surface area (Å²) in [5.74, 6) is 1.63. The molecule has 1 rings (SSSR count). The maximum absolute atomic E-state index is 5.47. The SMILES string of the molecule is CCCN[C@@H](CC)c1cccc(OC)c1OC. The van der Waals surface area contributed by atoms with Crippen molar-refractivity contribution in [2.75, 3.05) is 20.8 Å². The number of nitrogens with one attached hydrogen (secondary N) is 1. The lowest BCUT2D eigenvalue weighted by Gasteiger charge is -2.21. The van der Waals surface area contributed by atoms with Gasteiger partial charge in [-0.2, -0.15) is 0 Å². The van der Waals surface area contributed by atoms with Gasteiger partial charge in [-0.3, -0.25) is 0 Å². The van der Waals surface area contributed by atoms with Crippen molar-refractivity contribution in [3.63, 3.8) is 0 Å². The minimum absolute atomic E-state index is 0.319. The molecular formula is C14H23NO2. The molecule has 1 aromatic rings. The van der Waals surface area contributed by atoms with Crippen molar-refractivity contribution in [2.45, 2.75) is 32.7 Å². The summed E-state index contributed by atoms with van der Waals surface area (Å²) in [6, 6.07) is 6.35. The van der Waals surface area contributed by atoms with Crippen molar-refractivity contribution in [3.8, 4) is 11.5 Å². The summed E-state index contributed by atoms with van der Waals surface area (Å²) < 4.78 is 10.8. The Labute approximate surface area is 104 Å². The Bertz CT molecular complexity index is 339. The van der Waals surface area contributed by atoms with E-state index in [2.05, 4.69) is 25.2 Å². The van der Waals surface area contributed by atoms with Gasteiger partial charge in [0.1, 0.15) is 0 Å². The zero-order chi connectivity index (χ0) is 12.7. The summed E-state index contributed by atoms with van der Waals surface area (Å²) in [6.45, 7) is 5.35. The third-order valence-electron chi connectivity index (χ3n) is 2.86. The minimum atomic E-state index is 0.319. The molecule has 3 nitrogen and oxygen atoms in total. The van der Waals surface area contributed by atoms with Gasteiger partial charge in [-0.15, -0.1) is 0 Å². The molecule has 1 aromatic carbocycles. The molecule has 0 amide bonds. The number of rotatable bonds is 7. The lowest BCUT2D eigenvalue weighted by atomic mass is 10.0. The van der Waals surface area contributed by atoms with E-state index in [1.165, 1.54) is 5.56 Å². The van der Waals surface area contributed by atoms with Crippen LogP contribution < -0.4 is 14.8 Å². The maximum atomic E-state index is 5.47. The van der Waals surface area contributed by atoms with Gasteiger partial charge in [0.2, 0.25) is 0 Å². The molecule has 0 aliphatic carbocycles. The molecule has 0 spiro atoms. The third kappa shape index (κ3) is 3.37. The highest BCUT2D eigenvalue weighted by molar-refractivity contribution is 5.48. The van der Waals surface area contributed by atoms with Gasteiger partial charge in [0, 0.05) is 11.6 Å². The molecule has 0 aliphatic heterocycles. The molecule has 0 bridgehead atoms. The summed E-state index contributed by atoms with van der Waals surface area (Å²) in [7, 11) is 3.36. The van der Waals surface area contributed by atoms with Gasteiger partial charge >= 0.3 is 0 Å². The first-order valence-corrected chi connectivity index (χ1v) is 6.22. The van der Waals surface area contributed by atoms with Crippen molar-refractivity contribution < 1.29 is 9.47 Å². The molecule has 1 atom stereocenters. The van der Waals surface area contributed by atoms with Crippen LogP contribution in [0.4, 0.5) is 0 Å². The standard InChI is InChI=1S/C14H23NO2/c1-5-10-15-12(6-2)11-8-7-9-13(16-3)14(11)17-4/h7-9,12,15H,5-6,10H2,1-4H3/t12-/m0/s1. The highest BCUT2D eigenvalue weighted by atomic mass is 16.5. The zero-order valence-corrected chi connectivity index (χ0v) is 11.2. The highest BCUT2D eigenvalue weighted by Gasteiger charge is 2.16. The summed E-state index contributed by atoms with van der Waals surface area (Å²) in [6.07, 6.45) is 2.16. The Hall–Kier alpha value is -1.22. The van der Waals surface area contributed by atoms with Gasteiger partial charge < -0.3 is 14.8 Å². The molecule has 0 aliphatic rings. The van der Waals surface area contributed by atoms with Gasteiger partial charge in [-0.25, -0.2) is 0 Å². The Balaban J connectivity index is 3.00. The maximum Gasteiger partial charge on any atom is 0.165 e. The summed E-state index contributed by atoms with van der Waals surface area (Å²) >= 11 is 0. The fourth-order valence-electron chi connectivity index (χ4n) is 1.98. The predicted octanol–water partition coefficient (Wildman–Crippen LogP) is 3.15. The van der Waals surface area contributed by atoms with Crippen LogP contribution in [0.1, 0.15) is 38.3 Å². The van der Waals surface area contributed by atoms with Gasteiger partial charge in [0.15, 0.2) is 11.5 Å². The molecule has 1 N–H and O–H groups in total. The van der Waals surface area contributed by atoms with Crippen LogP contribution >= 0.6 is 0 Å². The zero-order valence-electron chi connectivity index (χ0n) is 11.2. The summed E-state index contributed by atoms with van der Waals surface area (Å²) in [4.78, 5) is 0. The molecule has 0 fully saturated rings. The molecule has 17 heavy (non-hydrogen) atoms. The topological polar surface area (TPSA) is 30.5 Å². The number of ether oxygens (including phenoxy) is 2. The van der Waals surface area contributed by atoms with Crippen LogP contribution in [0.3, 0.4) is 0 Å². The van der Waals surface area contributed by atoms with E-state index < -0.39 is 0 Å². The smallest absolute Gasteiger partial charge is 0.165 e. The minimum Gasteiger partial charge on any atom is -0.493 e. The highest BCUT2D eigenvalue weighted by Crippen LogP contribution is 2.35. The fourth-order valence-corrected chi connectivity index (χ4v) is 1.98. The van der Waals surface area contributed by atoms with E-state index in [0.29, 0.717) is 6.04 Å². The Morgan fingerprint density at radius 2 is 1.94 bits per heavy atom. The van der Waals surface area contributed by atoms with Gasteiger partial charge in [-0.05, 0) is 25.5 Å². The number of benzene rings is 1. The van der Waals surface area contributed by atoms with Crippen LogP contribution in [0, 0.1) is 0 Å². The first-order chi connectivity index (χ1) is 8.28. The van der Waals surface area contributed by atoms with Crippen molar-refractivity contribution in [3.05, 3.63) is 23.8 Å². The molecule has 0 saturated carbocycles. The lowest BCUT2D eigenvalue weighted by molar-refractivity contribution is 0.345. The number of para-hydroxylation sites is 1. The number of hydrogen-bond donors (Lipinski definition) is 1. The molecular weight excluding hydrogens is 214 g/mol. The van der Waals surface area contributed by atoms with Crippen LogP contribution in [-0.2, 0) is 0 Å². The first-order valence-electron chi connectivity index (χ1n) is 6.22. The van der Waals surface area contributed by atoms with Crippen molar-refractivity contribution in [1.82, 2.24) is 5.32 Å². The second-order valence-corrected chi connectivity index (χ2v) is 4.00. The van der Waals surface area contributed by atoms with E-state index in [-0.39, 0.29) is 0 Å². The van der Waals surface area contributed by atoms with E-state index >= 15 is 0 Å². The van der Waals surface area contributed by atoms with E-state index in [9.17, 15) is 0 Å². The van der Waals surface area contributed by atoms with E-state index in [4.69, 9.17) is 9.47 Å². The van der Waals surface area contributed by atoms with Crippen LogP contribution in [0.5, 0.6) is 11.5 Å². The molecule has 0 saturated heterocycles. The van der Waals surface area contributed by atoms with E-state index in [1.807, 2.05) is 12.1 Å². The van der Waals surface area contributed by atoms with Crippen LogP contribution in [0.15, 0.2) is 18.2 Å². The monoisotopic (exact) mass is 237 g/mol.